The van der Waals surface area contributed by atoms with Gasteiger partial charge in [0.05, 0.1) is 5.69 Å². The maximum absolute atomic E-state index is 2.41. The lowest BCUT2D eigenvalue weighted by molar-refractivity contribution is 1.29. The van der Waals surface area contributed by atoms with E-state index in [1.165, 1.54) is 43.9 Å². The van der Waals surface area contributed by atoms with Gasteiger partial charge in [0.2, 0.25) is 0 Å². The molecule has 6 aromatic rings. The van der Waals surface area contributed by atoms with Crippen molar-refractivity contribution >= 4 is 38.6 Å². The fourth-order valence-electron chi connectivity index (χ4n) is 5.01. The van der Waals surface area contributed by atoms with Crippen LogP contribution >= 0.6 is 0 Å². The first-order valence-electron chi connectivity index (χ1n) is 11.7. The van der Waals surface area contributed by atoms with E-state index in [9.17, 15) is 0 Å². The van der Waals surface area contributed by atoms with E-state index in [4.69, 9.17) is 0 Å². The van der Waals surface area contributed by atoms with Crippen LogP contribution in [-0.4, -0.2) is 0 Å². The SMILES string of the molecule is Cc1cccc(N(c2ccccc2)c2c3ccccc3c(-c3ccccc3)c3ccccc23)c1. The molecule has 0 aliphatic carbocycles. The van der Waals surface area contributed by atoms with Gasteiger partial charge in [0.15, 0.2) is 0 Å². The molecule has 6 aromatic carbocycles. The van der Waals surface area contributed by atoms with Crippen molar-refractivity contribution in [3.05, 3.63) is 139 Å². The summed E-state index contributed by atoms with van der Waals surface area (Å²) in [7, 11) is 0. The highest BCUT2D eigenvalue weighted by molar-refractivity contribution is 6.22. The first kappa shape index (κ1) is 20.3. The van der Waals surface area contributed by atoms with Crippen LogP contribution in [0.2, 0.25) is 0 Å². The highest BCUT2D eigenvalue weighted by atomic mass is 15.1. The van der Waals surface area contributed by atoms with Crippen molar-refractivity contribution in [2.45, 2.75) is 6.92 Å². The van der Waals surface area contributed by atoms with Gasteiger partial charge in [-0.15, -0.1) is 0 Å². The number of hydrogen-bond acceptors (Lipinski definition) is 1. The molecule has 0 heterocycles. The van der Waals surface area contributed by atoms with E-state index in [-0.39, 0.29) is 0 Å². The van der Waals surface area contributed by atoms with Gasteiger partial charge in [-0.3, -0.25) is 0 Å². The summed E-state index contributed by atoms with van der Waals surface area (Å²) in [5, 5.41) is 5.00. The van der Waals surface area contributed by atoms with Crippen molar-refractivity contribution < 1.29 is 0 Å². The summed E-state index contributed by atoms with van der Waals surface area (Å²) >= 11 is 0. The van der Waals surface area contributed by atoms with E-state index < -0.39 is 0 Å². The minimum atomic E-state index is 1.15. The van der Waals surface area contributed by atoms with Gasteiger partial charge in [0, 0.05) is 22.1 Å². The molecule has 0 aliphatic heterocycles. The Morgan fingerprint density at radius 3 is 1.53 bits per heavy atom. The summed E-state index contributed by atoms with van der Waals surface area (Å²) in [4.78, 5) is 2.41. The van der Waals surface area contributed by atoms with E-state index in [2.05, 4.69) is 145 Å². The lowest BCUT2D eigenvalue weighted by Crippen LogP contribution is -2.11. The molecule has 0 N–H and O–H groups in total. The van der Waals surface area contributed by atoms with Crippen molar-refractivity contribution in [2.24, 2.45) is 0 Å². The van der Waals surface area contributed by atoms with Crippen LogP contribution in [0, 0.1) is 6.92 Å². The molecular weight excluding hydrogens is 410 g/mol. The van der Waals surface area contributed by atoms with E-state index in [1.54, 1.807) is 0 Å². The molecule has 162 valence electrons. The normalized spacial score (nSPS) is 11.1. The molecule has 0 aromatic heterocycles. The first-order chi connectivity index (χ1) is 16.8. The van der Waals surface area contributed by atoms with Crippen LogP contribution in [0.4, 0.5) is 17.1 Å². The van der Waals surface area contributed by atoms with Crippen molar-refractivity contribution in [3.8, 4) is 11.1 Å². The summed E-state index contributed by atoms with van der Waals surface area (Å²) in [6.07, 6.45) is 0. The summed E-state index contributed by atoms with van der Waals surface area (Å²) < 4.78 is 0. The average molecular weight is 436 g/mol. The average Bonchev–Trinajstić information content (AvgIpc) is 2.90. The van der Waals surface area contributed by atoms with E-state index in [0.29, 0.717) is 0 Å². The molecule has 0 bridgehead atoms. The second-order valence-electron chi connectivity index (χ2n) is 8.69. The Bertz CT molecular complexity index is 1540. The van der Waals surface area contributed by atoms with Crippen molar-refractivity contribution in [3.63, 3.8) is 0 Å². The second kappa shape index (κ2) is 8.53. The zero-order chi connectivity index (χ0) is 22.9. The van der Waals surface area contributed by atoms with Crippen LogP contribution in [0.3, 0.4) is 0 Å². The highest BCUT2D eigenvalue weighted by Gasteiger charge is 2.21. The molecule has 0 saturated carbocycles. The fraction of sp³-hybridized carbons (Fsp3) is 0.0303. The minimum absolute atomic E-state index is 1.15. The maximum Gasteiger partial charge on any atom is 0.0618 e. The van der Waals surface area contributed by atoms with E-state index in [0.717, 1.165) is 11.4 Å². The molecule has 0 unspecified atom stereocenters. The maximum atomic E-state index is 2.41. The highest BCUT2D eigenvalue weighted by Crippen LogP contribution is 2.47. The van der Waals surface area contributed by atoms with E-state index in [1.807, 2.05) is 0 Å². The molecule has 0 amide bonds. The zero-order valence-corrected chi connectivity index (χ0v) is 19.1. The van der Waals surface area contributed by atoms with Gasteiger partial charge in [0.1, 0.15) is 0 Å². The predicted octanol–water partition coefficient (Wildman–Crippen LogP) is 9.44. The molecule has 0 atom stereocenters. The van der Waals surface area contributed by atoms with Gasteiger partial charge in [-0.1, -0.05) is 109 Å². The molecule has 0 spiro atoms. The number of rotatable bonds is 4. The summed E-state index contributed by atoms with van der Waals surface area (Å²) in [6.45, 7) is 2.15. The zero-order valence-electron chi connectivity index (χ0n) is 19.1. The number of fused-ring (bicyclic) bond motifs is 2. The van der Waals surface area contributed by atoms with Crippen LogP contribution < -0.4 is 4.90 Å². The van der Waals surface area contributed by atoms with Crippen LogP contribution in [-0.2, 0) is 0 Å². The summed E-state index contributed by atoms with van der Waals surface area (Å²) in [5.41, 5.74) is 7.29. The smallest absolute Gasteiger partial charge is 0.0618 e. The van der Waals surface area contributed by atoms with Gasteiger partial charge in [0.25, 0.3) is 0 Å². The van der Waals surface area contributed by atoms with Crippen molar-refractivity contribution in [1.82, 2.24) is 0 Å². The van der Waals surface area contributed by atoms with Gasteiger partial charge < -0.3 is 4.90 Å². The lowest BCUT2D eigenvalue weighted by atomic mass is 9.90. The lowest BCUT2D eigenvalue weighted by Gasteiger charge is -2.29. The summed E-state index contributed by atoms with van der Waals surface area (Å²) in [6, 6.07) is 47.8. The Balaban J connectivity index is 1.78. The molecule has 1 heteroatoms. The van der Waals surface area contributed by atoms with Crippen LogP contribution in [0.25, 0.3) is 32.7 Å². The summed E-state index contributed by atoms with van der Waals surface area (Å²) in [5.74, 6) is 0. The first-order valence-corrected chi connectivity index (χ1v) is 11.7. The Hall–Kier alpha value is -4.36. The van der Waals surface area contributed by atoms with Gasteiger partial charge in [-0.2, -0.15) is 0 Å². The minimum Gasteiger partial charge on any atom is -0.309 e. The number of hydrogen-bond donors (Lipinski definition) is 0. The predicted molar refractivity (Wildman–Crippen MR) is 146 cm³/mol. The van der Waals surface area contributed by atoms with Crippen molar-refractivity contribution in [1.29, 1.82) is 0 Å². The third-order valence-corrected chi connectivity index (χ3v) is 6.46. The third kappa shape index (κ3) is 3.43. The molecule has 34 heavy (non-hydrogen) atoms. The Labute approximate surface area is 200 Å². The second-order valence-corrected chi connectivity index (χ2v) is 8.69. The molecule has 1 nitrogen and oxygen atoms in total. The Morgan fingerprint density at radius 1 is 0.441 bits per heavy atom. The van der Waals surface area contributed by atoms with Crippen LogP contribution in [0.1, 0.15) is 5.56 Å². The number of aryl methyl sites for hydroxylation is 1. The van der Waals surface area contributed by atoms with Gasteiger partial charge in [-0.25, -0.2) is 0 Å². The quantitative estimate of drug-likeness (QED) is 0.249. The van der Waals surface area contributed by atoms with Gasteiger partial charge >= 0.3 is 0 Å². The molecule has 0 radical (unpaired) electrons. The third-order valence-electron chi connectivity index (χ3n) is 6.46. The van der Waals surface area contributed by atoms with Crippen LogP contribution in [0.15, 0.2) is 133 Å². The number of benzene rings is 6. The van der Waals surface area contributed by atoms with Crippen molar-refractivity contribution in [2.75, 3.05) is 4.90 Å². The Kier molecular flexibility index (Phi) is 5.08. The number of para-hydroxylation sites is 1. The number of nitrogens with zero attached hydrogens (tertiary/aromatic N) is 1. The monoisotopic (exact) mass is 435 g/mol. The fourth-order valence-corrected chi connectivity index (χ4v) is 5.01. The topological polar surface area (TPSA) is 3.24 Å². The largest absolute Gasteiger partial charge is 0.309 e. The number of anilines is 3. The molecule has 0 fully saturated rings. The molecule has 0 saturated heterocycles. The Morgan fingerprint density at radius 2 is 0.941 bits per heavy atom. The molecule has 6 rings (SSSR count). The molecule has 0 aliphatic rings. The van der Waals surface area contributed by atoms with E-state index >= 15 is 0 Å². The standard InChI is InChI=1S/C33H25N/c1-24-13-12-18-27(23-24)34(26-16-6-3-7-17-26)33-30-21-10-8-19-28(30)32(25-14-4-2-5-15-25)29-20-9-11-22-31(29)33/h2-23H,1H3. The van der Waals surface area contributed by atoms with Gasteiger partial charge in [-0.05, 0) is 58.7 Å². The van der Waals surface area contributed by atoms with Crippen LogP contribution in [0.5, 0.6) is 0 Å². The molecular formula is C33H25N.